The van der Waals surface area contributed by atoms with E-state index in [2.05, 4.69) is 11.8 Å². The molecule has 1 aromatic carbocycles. The number of anilines is 1. The van der Waals surface area contributed by atoms with Gasteiger partial charge in [0.05, 0.1) is 0 Å². The number of nitrogens with zero attached hydrogens (tertiary/aromatic N) is 1. The van der Waals surface area contributed by atoms with Gasteiger partial charge in [-0.2, -0.15) is 0 Å². The monoisotopic (exact) mass is 248 g/mol. The highest BCUT2D eigenvalue weighted by atomic mass is 19.1. The molecule has 3 rings (SSSR count). The zero-order valence-corrected chi connectivity index (χ0v) is 11.0. The summed E-state index contributed by atoms with van der Waals surface area (Å²) in [7, 11) is 0. The van der Waals surface area contributed by atoms with E-state index in [9.17, 15) is 4.39 Å². The van der Waals surface area contributed by atoms with Gasteiger partial charge in [0, 0.05) is 30.2 Å². The average molecular weight is 248 g/mol. The molecule has 2 nitrogen and oxygen atoms in total. The zero-order valence-electron chi connectivity index (χ0n) is 11.0. The van der Waals surface area contributed by atoms with Crippen LogP contribution < -0.4 is 10.6 Å². The minimum atomic E-state index is -0.137. The van der Waals surface area contributed by atoms with Crippen molar-refractivity contribution >= 4 is 5.69 Å². The van der Waals surface area contributed by atoms with Gasteiger partial charge in [0.2, 0.25) is 0 Å². The Bertz CT molecular complexity index is 460. The maximum atomic E-state index is 13.4. The van der Waals surface area contributed by atoms with Gasteiger partial charge in [-0.15, -0.1) is 0 Å². The number of rotatable bonds is 2. The molecule has 1 aromatic rings. The number of hydrogen-bond acceptors (Lipinski definition) is 2. The van der Waals surface area contributed by atoms with Gasteiger partial charge in [-0.25, -0.2) is 4.39 Å². The predicted molar refractivity (Wildman–Crippen MR) is 72.3 cm³/mol. The molecule has 2 unspecified atom stereocenters. The first kappa shape index (κ1) is 12.0. The first-order chi connectivity index (χ1) is 8.58. The summed E-state index contributed by atoms with van der Waals surface area (Å²) in [5.41, 5.74) is 8.78. The number of hydrogen-bond donors (Lipinski definition) is 1. The minimum Gasteiger partial charge on any atom is -0.370 e. The van der Waals surface area contributed by atoms with E-state index in [1.165, 1.54) is 18.4 Å². The second-order valence-corrected chi connectivity index (χ2v) is 6.10. The van der Waals surface area contributed by atoms with Crippen molar-refractivity contribution in [3.05, 3.63) is 29.6 Å². The Morgan fingerprint density at radius 3 is 3.06 bits per heavy atom. The molecular formula is C15H21FN2. The topological polar surface area (TPSA) is 29.3 Å². The standard InChI is InChI=1S/C15H21FN2/c1-15(7-2-3-14(15)17)10-18-8-6-11-4-5-12(16)9-13(11)18/h4-5,9,14H,2-3,6-8,10,17H2,1H3. The molecule has 0 radical (unpaired) electrons. The lowest BCUT2D eigenvalue weighted by Crippen LogP contribution is -2.44. The molecule has 0 aromatic heterocycles. The van der Waals surface area contributed by atoms with Gasteiger partial charge in [0.1, 0.15) is 5.82 Å². The van der Waals surface area contributed by atoms with Crippen molar-refractivity contribution in [2.75, 3.05) is 18.0 Å². The number of halogens is 1. The van der Waals surface area contributed by atoms with E-state index in [-0.39, 0.29) is 17.3 Å². The third-order valence-corrected chi connectivity index (χ3v) is 4.75. The van der Waals surface area contributed by atoms with Crippen LogP contribution in [0.1, 0.15) is 31.7 Å². The summed E-state index contributed by atoms with van der Waals surface area (Å²) in [6.07, 6.45) is 4.57. The maximum absolute atomic E-state index is 13.4. The highest BCUT2D eigenvalue weighted by Crippen LogP contribution is 2.40. The van der Waals surface area contributed by atoms with E-state index in [0.717, 1.165) is 31.6 Å². The molecule has 2 atom stereocenters. The van der Waals surface area contributed by atoms with Crippen LogP contribution in [-0.2, 0) is 6.42 Å². The molecule has 1 aliphatic heterocycles. The second kappa shape index (κ2) is 4.23. The van der Waals surface area contributed by atoms with Crippen LogP contribution in [0.25, 0.3) is 0 Å². The SMILES string of the molecule is CC1(CN2CCc3ccc(F)cc32)CCCC1N. The highest BCUT2D eigenvalue weighted by molar-refractivity contribution is 5.58. The van der Waals surface area contributed by atoms with Crippen molar-refractivity contribution in [3.63, 3.8) is 0 Å². The Morgan fingerprint density at radius 2 is 2.33 bits per heavy atom. The maximum Gasteiger partial charge on any atom is 0.125 e. The number of benzene rings is 1. The molecule has 18 heavy (non-hydrogen) atoms. The Hall–Kier alpha value is -1.09. The summed E-state index contributed by atoms with van der Waals surface area (Å²) in [4.78, 5) is 2.32. The van der Waals surface area contributed by atoms with Gasteiger partial charge in [-0.3, -0.25) is 0 Å². The fourth-order valence-electron chi connectivity index (χ4n) is 3.47. The summed E-state index contributed by atoms with van der Waals surface area (Å²) in [5.74, 6) is -0.137. The molecule has 1 saturated carbocycles. The van der Waals surface area contributed by atoms with Gasteiger partial charge in [0.25, 0.3) is 0 Å². The molecule has 0 spiro atoms. The average Bonchev–Trinajstić information content (AvgIpc) is 2.86. The highest BCUT2D eigenvalue weighted by Gasteiger charge is 2.38. The van der Waals surface area contributed by atoms with Crippen LogP contribution in [-0.4, -0.2) is 19.1 Å². The summed E-state index contributed by atoms with van der Waals surface area (Å²) >= 11 is 0. The van der Waals surface area contributed by atoms with Gasteiger partial charge in [0.15, 0.2) is 0 Å². The van der Waals surface area contributed by atoms with Crippen LogP contribution >= 0.6 is 0 Å². The Balaban J connectivity index is 1.82. The predicted octanol–water partition coefficient (Wildman–Crippen LogP) is 2.71. The fourth-order valence-corrected chi connectivity index (χ4v) is 3.47. The van der Waals surface area contributed by atoms with Gasteiger partial charge < -0.3 is 10.6 Å². The first-order valence-electron chi connectivity index (χ1n) is 6.87. The zero-order chi connectivity index (χ0) is 12.8. The number of fused-ring (bicyclic) bond motifs is 1. The van der Waals surface area contributed by atoms with E-state index < -0.39 is 0 Å². The largest absolute Gasteiger partial charge is 0.370 e. The minimum absolute atomic E-state index is 0.137. The lowest BCUT2D eigenvalue weighted by Gasteiger charge is -2.35. The molecular weight excluding hydrogens is 227 g/mol. The third-order valence-electron chi connectivity index (χ3n) is 4.75. The van der Waals surface area contributed by atoms with Crippen molar-refractivity contribution in [2.24, 2.45) is 11.1 Å². The first-order valence-corrected chi connectivity index (χ1v) is 6.87. The third kappa shape index (κ3) is 1.91. The van der Waals surface area contributed by atoms with Crippen LogP contribution in [0.3, 0.4) is 0 Å². The summed E-state index contributed by atoms with van der Waals surface area (Å²) < 4.78 is 13.4. The summed E-state index contributed by atoms with van der Waals surface area (Å²) in [5, 5.41) is 0. The van der Waals surface area contributed by atoms with Crippen molar-refractivity contribution in [1.29, 1.82) is 0 Å². The Kier molecular flexibility index (Phi) is 2.81. The van der Waals surface area contributed by atoms with Crippen LogP contribution in [0, 0.1) is 11.2 Å². The normalized spacial score (nSPS) is 30.8. The smallest absolute Gasteiger partial charge is 0.125 e. The van der Waals surface area contributed by atoms with E-state index in [1.807, 2.05) is 6.07 Å². The van der Waals surface area contributed by atoms with Gasteiger partial charge in [-0.1, -0.05) is 19.4 Å². The van der Waals surface area contributed by atoms with Crippen LogP contribution in [0.15, 0.2) is 18.2 Å². The fraction of sp³-hybridized carbons (Fsp3) is 0.600. The van der Waals surface area contributed by atoms with Crippen LogP contribution in [0.2, 0.25) is 0 Å². The van der Waals surface area contributed by atoms with Crippen molar-refractivity contribution in [1.82, 2.24) is 0 Å². The molecule has 1 heterocycles. The summed E-state index contributed by atoms with van der Waals surface area (Å²) in [6, 6.07) is 5.44. The molecule has 1 fully saturated rings. The van der Waals surface area contributed by atoms with E-state index in [0.29, 0.717) is 0 Å². The van der Waals surface area contributed by atoms with Gasteiger partial charge >= 0.3 is 0 Å². The van der Waals surface area contributed by atoms with Gasteiger partial charge in [-0.05, 0) is 37.0 Å². The van der Waals surface area contributed by atoms with Crippen molar-refractivity contribution in [2.45, 2.75) is 38.6 Å². The lowest BCUT2D eigenvalue weighted by molar-refractivity contribution is 0.298. The second-order valence-electron chi connectivity index (χ2n) is 6.10. The molecule has 98 valence electrons. The van der Waals surface area contributed by atoms with E-state index in [4.69, 9.17) is 5.73 Å². The van der Waals surface area contributed by atoms with Crippen molar-refractivity contribution < 1.29 is 4.39 Å². The molecule has 1 aliphatic carbocycles. The summed E-state index contributed by atoms with van der Waals surface area (Å²) in [6.45, 7) is 4.24. The molecule has 0 saturated heterocycles. The molecule has 3 heteroatoms. The van der Waals surface area contributed by atoms with Crippen LogP contribution in [0.5, 0.6) is 0 Å². The molecule has 0 bridgehead atoms. The quantitative estimate of drug-likeness (QED) is 0.872. The number of nitrogens with two attached hydrogens (primary N) is 1. The van der Waals surface area contributed by atoms with Crippen LogP contribution in [0.4, 0.5) is 10.1 Å². The molecule has 2 aliphatic rings. The molecule has 0 amide bonds. The molecule has 2 N–H and O–H groups in total. The van der Waals surface area contributed by atoms with E-state index in [1.54, 1.807) is 12.1 Å². The van der Waals surface area contributed by atoms with E-state index >= 15 is 0 Å². The Labute approximate surface area is 108 Å². The van der Waals surface area contributed by atoms with Crippen molar-refractivity contribution in [3.8, 4) is 0 Å². The Morgan fingerprint density at radius 1 is 1.50 bits per heavy atom. The lowest BCUT2D eigenvalue weighted by atomic mass is 9.84.